The van der Waals surface area contributed by atoms with E-state index in [0.717, 1.165) is 31.1 Å². The highest BCUT2D eigenvalue weighted by Crippen LogP contribution is 2.22. The van der Waals surface area contributed by atoms with Crippen LogP contribution in [0.5, 0.6) is 0 Å². The Morgan fingerprint density at radius 1 is 1.40 bits per heavy atom. The van der Waals surface area contributed by atoms with Crippen LogP contribution in [0.4, 0.5) is 5.69 Å². The highest BCUT2D eigenvalue weighted by atomic mass is 16.5. The molecule has 0 bridgehead atoms. The van der Waals surface area contributed by atoms with Crippen molar-refractivity contribution in [2.75, 3.05) is 25.9 Å². The molecule has 2 rings (SSSR count). The van der Waals surface area contributed by atoms with Crippen molar-refractivity contribution >= 4 is 11.7 Å². The molecule has 1 unspecified atom stereocenters. The predicted octanol–water partition coefficient (Wildman–Crippen LogP) is 2.68. The minimum absolute atomic E-state index is 0.346. The Bertz CT molecular complexity index is 474. The molecule has 1 aliphatic heterocycles. The number of anilines is 1. The predicted molar refractivity (Wildman–Crippen MR) is 80.5 cm³/mol. The van der Waals surface area contributed by atoms with Crippen molar-refractivity contribution in [3.8, 4) is 0 Å². The summed E-state index contributed by atoms with van der Waals surface area (Å²) in [6.07, 6.45) is 3.73. The normalized spacial score (nSPS) is 20.4. The van der Waals surface area contributed by atoms with E-state index in [1.165, 1.54) is 26.4 Å². The fourth-order valence-corrected chi connectivity index (χ4v) is 2.82. The van der Waals surface area contributed by atoms with Crippen molar-refractivity contribution in [2.24, 2.45) is 5.92 Å². The molecule has 1 aromatic carbocycles. The molecular weight excluding hydrogens is 252 g/mol. The number of carbonyl (C=O) groups excluding carboxylic acids is 1. The molecule has 0 amide bonds. The zero-order chi connectivity index (χ0) is 14.5. The van der Waals surface area contributed by atoms with Gasteiger partial charge in [-0.2, -0.15) is 0 Å². The molecule has 1 atom stereocenters. The van der Waals surface area contributed by atoms with E-state index < -0.39 is 0 Å². The number of ether oxygens (including phenoxy) is 1. The van der Waals surface area contributed by atoms with Gasteiger partial charge in [0.05, 0.1) is 12.7 Å². The van der Waals surface area contributed by atoms with Gasteiger partial charge in [-0.1, -0.05) is 19.1 Å². The van der Waals surface area contributed by atoms with Crippen molar-refractivity contribution in [3.63, 3.8) is 0 Å². The zero-order valence-electron chi connectivity index (χ0n) is 12.4. The first kappa shape index (κ1) is 14.9. The van der Waals surface area contributed by atoms with E-state index in [9.17, 15) is 4.79 Å². The van der Waals surface area contributed by atoms with E-state index in [2.05, 4.69) is 11.8 Å². The SMILES string of the molecule is COC(=O)c1c(N)cccc1CN1CCCC(C)CC1. The van der Waals surface area contributed by atoms with Crippen LogP contribution in [0, 0.1) is 5.92 Å². The van der Waals surface area contributed by atoms with Crippen molar-refractivity contribution in [1.29, 1.82) is 0 Å². The van der Waals surface area contributed by atoms with E-state index in [0.29, 0.717) is 11.3 Å². The summed E-state index contributed by atoms with van der Waals surface area (Å²) in [5, 5.41) is 0. The highest BCUT2D eigenvalue weighted by molar-refractivity contribution is 5.96. The van der Waals surface area contributed by atoms with Crippen LogP contribution >= 0.6 is 0 Å². The molecule has 4 heteroatoms. The van der Waals surface area contributed by atoms with Gasteiger partial charge in [0.15, 0.2) is 0 Å². The van der Waals surface area contributed by atoms with Crippen molar-refractivity contribution in [1.82, 2.24) is 4.90 Å². The molecule has 0 aliphatic carbocycles. The number of hydrogen-bond donors (Lipinski definition) is 1. The Hall–Kier alpha value is -1.55. The lowest BCUT2D eigenvalue weighted by Crippen LogP contribution is -2.25. The summed E-state index contributed by atoms with van der Waals surface area (Å²) in [5.41, 5.74) is 7.92. The van der Waals surface area contributed by atoms with E-state index in [-0.39, 0.29) is 5.97 Å². The Morgan fingerprint density at radius 2 is 2.20 bits per heavy atom. The van der Waals surface area contributed by atoms with Gasteiger partial charge in [-0.3, -0.25) is 4.90 Å². The van der Waals surface area contributed by atoms with Gasteiger partial charge in [0.2, 0.25) is 0 Å². The van der Waals surface area contributed by atoms with Gasteiger partial charge in [0, 0.05) is 12.2 Å². The minimum atomic E-state index is -0.346. The van der Waals surface area contributed by atoms with Gasteiger partial charge >= 0.3 is 5.97 Å². The first-order valence-electron chi connectivity index (χ1n) is 7.30. The quantitative estimate of drug-likeness (QED) is 0.681. The van der Waals surface area contributed by atoms with Crippen LogP contribution in [0.3, 0.4) is 0 Å². The average Bonchev–Trinajstić information content (AvgIpc) is 2.63. The molecule has 20 heavy (non-hydrogen) atoms. The topological polar surface area (TPSA) is 55.6 Å². The van der Waals surface area contributed by atoms with E-state index in [1.54, 1.807) is 6.07 Å². The number of rotatable bonds is 3. The summed E-state index contributed by atoms with van der Waals surface area (Å²) in [6, 6.07) is 5.62. The summed E-state index contributed by atoms with van der Waals surface area (Å²) in [7, 11) is 1.40. The lowest BCUT2D eigenvalue weighted by atomic mass is 10.0. The van der Waals surface area contributed by atoms with Gasteiger partial charge in [0.25, 0.3) is 0 Å². The number of likely N-dealkylation sites (tertiary alicyclic amines) is 1. The second-order valence-electron chi connectivity index (χ2n) is 5.69. The summed E-state index contributed by atoms with van der Waals surface area (Å²) in [6.45, 7) is 5.24. The highest BCUT2D eigenvalue weighted by Gasteiger charge is 2.19. The molecule has 0 aromatic heterocycles. The van der Waals surface area contributed by atoms with Crippen LogP contribution in [0.25, 0.3) is 0 Å². The molecule has 0 radical (unpaired) electrons. The first-order valence-corrected chi connectivity index (χ1v) is 7.30. The third-order valence-electron chi connectivity index (χ3n) is 4.08. The molecule has 4 nitrogen and oxygen atoms in total. The Labute approximate surface area is 120 Å². The van der Waals surface area contributed by atoms with Gasteiger partial charge in [0.1, 0.15) is 0 Å². The van der Waals surface area contributed by atoms with Crippen LogP contribution in [-0.4, -0.2) is 31.1 Å². The van der Waals surface area contributed by atoms with Crippen LogP contribution < -0.4 is 5.73 Å². The molecule has 1 aliphatic rings. The second kappa shape index (κ2) is 6.75. The van der Waals surface area contributed by atoms with Crippen LogP contribution in [-0.2, 0) is 11.3 Å². The van der Waals surface area contributed by atoms with Gasteiger partial charge < -0.3 is 10.5 Å². The first-order chi connectivity index (χ1) is 9.61. The van der Waals surface area contributed by atoms with E-state index in [4.69, 9.17) is 10.5 Å². The Morgan fingerprint density at radius 3 is 2.95 bits per heavy atom. The monoisotopic (exact) mass is 276 g/mol. The maximum absolute atomic E-state index is 11.9. The molecule has 0 spiro atoms. The molecule has 110 valence electrons. The number of esters is 1. The third kappa shape index (κ3) is 3.51. The number of carbonyl (C=O) groups is 1. The number of nitrogen functional groups attached to an aromatic ring is 1. The van der Waals surface area contributed by atoms with E-state index >= 15 is 0 Å². The minimum Gasteiger partial charge on any atom is -0.465 e. The standard InChI is InChI=1S/C16H24N2O2/c1-12-5-4-9-18(10-8-12)11-13-6-3-7-14(17)15(13)16(19)20-2/h3,6-7,12H,4-5,8-11,17H2,1-2H3. The zero-order valence-corrected chi connectivity index (χ0v) is 12.4. The molecule has 1 heterocycles. The van der Waals surface area contributed by atoms with Crippen LogP contribution in [0.2, 0.25) is 0 Å². The number of hydrogen-bond acceptors (Lipinski definition) is 4. The second-order valence-corrected chi connectivity index (χ2v) is 5.69. The average molecular weight is 276 g/mol. The lowest BCUT2D eigenvalue weighted by Gasteiger charge is -2.21. The Balaban J connectivity index is 2.16. The largest absolute Gasteiger partial charge is 0.465 e. The van der Waals surface area contributed by atoms with Crippen molar-refractivity contribution < 1.29 is 9.53 Å². The summed E-state index contributed by atoms with van der Waals surface area (Å²) < 4.78 is 4.85. The fourth-order valence-electron chi connectivity index (χ4n) is 2.82. The smallest absolute Gasteiger partial charge is 0.340 e. The van der Waals surface area contributed by atoms with Gasteiger partial charge in [-0.05, 0) is 49.9 Å². The van der Waals surface area contributed by atoms with Crippen LogP contribution in [0.1, 0.15) is 42.1 Å². The number of nitrogens with two attached hydrogens (primary N) is 1. The molecule has 1 fully saturated rings. The third-order valence-corrected chi connectivity index (χ3v) is 4.08. The summed E-state index contributed by atoms with van der Waals surface area (Å²) in [4.78, 5) is 14.3. The Kier molecular flexibility index (Phi) is 5.01. The van der Waals surface area contributed by atoms with E-state index in [1.807, 2.05) is 12.1 Å². The molecular formula is C16H24N2O2. The molecule has 1 saturated heterocycles. The van der Waals surface area contributed by atoms with Crippen LogP contribution in [0.15, 0.2) is 18.2 Å². The summed E-state index contributed by atoms with van der Waals surface area (Å²) in [5.74, 6) is 0.446. The maximum Gasteiger partial charge on any atom is 0.340 e. The number of methoxy groups -OCH3 is 1. The van der Waals surface area contributed by atoms with Gasteiger partial charge in [-0.25, -0.2) is 4.79 Å². The molecule has 1 aromatic rings. The number of benzene rings is 1. The molecule has 0 saturated carbocycles. The van der Waals surface area contributed by atoms with Crippen molar-refractivity contribution in [3.05, 3.63) is 29.3 Å². The van der Waals surface area contributed by atoms with Gasteiger partial charge in [-0.15, -0.1) is 0 Å². The van der Waals surface area contributed by atoms with Crippen molar-refractivity contribution in [2.45, 2.75) is 32.7 Å². The number of nitrogens with zero attached hydrogens (tertiary/aromatic N) is 1. The molecule has 2 N–H and O–H groups in total. The lowest BCUT2D eigenvalue weighted by molar-refractivity contribution is 0.0599. The summed E-state index contributed by atoms with van der Waals surface area (Å²) >= 11 is 0. The maximum atomic E-state index is 11.9. The fraction of sp³-hybridized carbons (Fsp3) is 0.562.